The fraction of sp³-hybridized carbons (Fsp3) is 0.720. The first-order valence-corrected chi connectivity index (χ1v) is 24.2. The Morgan fingerprint density at radius 2 is 0.970 bits per heavy atom. The molecule has 2 amide bonds. The van der Waals surface area contributed by atoms with Crippen molar-refractivity contribution < 1.29 is 62.4 Å². The van der Waals surface area contributed by atoms with Gasteiger partial charge in [-0.2, -0.15) is 0 Å². The minimum Gasteiger partial charge on any atom is -0.508 e. The van der Waals surface area contributed by atoms with Crippen LogP contribution in [-0.2, 0) is 58.6 Å². The minimum atomic E-state index is -0.0200. The van der Waals surface area contributed by atoms with E-state index in [1.54, 1.807) is 6.07 Å². The summed E-state index contributed by atoms with van der Waals surface area (Å²) < 4.78 is 48.9. The normalized spacial score (nSPS) is 11.9. The van der Waals surface area contributed by atoms with Gasteiger partial charge in [0.05, 0.1) is 126 Å². The summed E-state index contributed by atoms with van der Waals surface area (Å²) in [7, 11) is 0. The number of carbonyl (C=O) groups excluding carboxylic acids is 2. The lowest BCUT2D eigenvalue weighted by Gasteiger charge is -2.32. The Hall–Kier alpha value is -2.97. The zero-order valence-corrected chi connectivity index (χ0v) is 41.9. The van der Waals surface area contributed by atoms with E-state index in [9.17, 15) is 14.7 Å². The number of phenolic OH excluding ortho intramolecular Hbond substituents is 1. The van der Waals surface area contributed by atoms with Crippen LogP contribution in [0.1, 0.15) is 88.8 Å². The number of unbranched alkanes of at least 4 members (excludes halogenated alkanes) is 2. The summed E-state index contributed by atoms with van der Waals surface area (Å²) in [6.45, 7) is 19.1. The molecule has 386 valence electrons. The third-order valence-electron chi connectivity index (χ3n) is 10.5. The molecule has 2 aromatic carbocycles. The molecule has 0 aliphatic rings. The summed E-state index contributed by atoms with van der Waals surface area (Å²) >= 11 is 0. The van der Waals surface area contributed by atoms with E-state index < -0.39 is 0 Å². The predicted octanol–water partition coefficient (Wildman–Crippen LogP) is 5.32. The number of phenols is 1. The Morgan fingerprint density at radius 1 is 0.552 bits per heavy atom. The lowest BCUT2D eigenvalue weighted by molar-refractivity contribution is -0.121. The lowest BCUT2D eigenvalue weighted by Crippen LogP contribution is -2.38. The van der Waals surface area contributed by atoms with E-state index in [2.05, 4.69) is 73.6 Å². The van der Waals surface area contributed by atoms with Crippen molar-refractivity contribution >= 4 is 24.2 Å². The maximum Gasteiger partial charge on any atom is 0.220 e. The van der Waals surface area contributed by atoms with Crippen LogP contribution < -0.4 is 10.6 Å². The van der Waals surface area contributed by atoms with Crippen LogP contribution >= 0.6 is 12.4 Å². The van der Waals surface area contributed by atoms with Crippen molar-refractivity contribution in [2.24, 2.45) is 0 Å². The molecule has 1 atom stereocenters. The van der Waals surface area contributed by atoms with Crippen molar-refractivity contribution in [3.8, 4) is 5.75 Å². The van der Waals surface area contributed by atoms with Gasteiger partial charge in [-0.15, -0.1) is 12.4 Å². The largest absolute Gasteiger partial charge is 0.508 e. The number of nitrogens with zero attached hydrogens (tertiary/aromatic N) is 1. The molecule has 0 saturated carbocycles. The van der Waals surface area contributed by atoms with Crippen LogP contribution in [0.5, 0.6) is 5.75 Å². The first-order valence-electron chi connectivity index (χ1n) is 24.2. The molecule has 17 heteroatoms. The second-order valence-corrected chi connectivity index (χ2v) is 16.3. The van der Waals surface area contributed by atoms with E-state index in [-0.39, 0.29) is 36.7 Å². The van der Waals surface area contributed by atoms with Crippen LogP contribution in [0.25, 0.3) is 0 Å². The maximum absolute atomic E-state index is 12.6. The monoisotopic (exact) mass is 972 g/mol. The molecule has 0 bridgehead atoms. The second kappa shape index (κ2) is 43.1. The number of hydrogen-bond acceptors (Lipinski definition) is 14. The van der Waals surface area contributed by atoms with Gasteiger partial charge in [0.1, 0.15) is 5.75 Å². The van der Waals surface area contributed by atoms with Crippen LogP contribution in [0.15, 0.2) is 48.5 Å². The number of rotatable bonds is 45. The molecule has 4 N–H and O–H groups in total. The summed E-state index contributed by atoms with van der Waals surface area (Å²) in [6.07, 6.45) is 4.65. The average molecular weight is 973 g/mol. The van der Waals surface area contributed by atoms with Gasteiger partial charge in [0.2, 0.25) is 11.8 Å². The fourth-order valence-electron chi connectivity index (χ4n) is 7.08. The smallest absolute Gasteiger partial charge is 0.220 e. The SMILES string of the molecule is CC(C)N(CC[C@H](c1ccccc1)c1cc(CCNC(=O)CCCCCC(=O)NCCOCCOCCOCCOCCOCCOCCOCCOCCOCCO)ccc1O)C(C)C.Cl. The molecule has 0 unspecified atom stereocenters. The first-order chi connectivity index (χ1) is 32.2. The standard InChI is InChI=1S/C50H85N3O13.ClH/c1-42(2)53(43(3)4)21-18-46(45-11-7-5-8-12-45)47-41-44(15-16-48(47)55)17-19-51-49(56)13-9-6-10-14-50(57)52-20-23-58-25-27-60-29-31-62-33-35-64-37-39-66-40-38-65-36-34-63-32-30-61-28-26-59-24-22-54;/h5,7-8,11-12,15-16,41-43,46,54-55H,6,9-10,13-14,17-40H2,1-4H3,(H,51,56)(H,52,57);1H/t46-;/m1./s1. The number of amides is 2. The topological polar surface area (TPSA) is 185 Å². The molecule has 0 aliphatic heterocycles. The molecule has 0 spiro atoms. The van der Waals surface area contributed by atoms with Gasteiger partial charge in [0.15, 0.2) is 0 Å². The summed E-state index contributed by atoms with van der Waals surface area (Å²) in [4.78, 5) is 27.3. The number of hydrogen-bond donors (Lipinski definition) is 4. The van der Waals surface area contributed by atoms with Crippen molar-refractivity contribution in [2.45, 2.75) is 90.6 Å². The number of aromatic hydroxyl groups is 1. The first kappa shape index (κ1) is 62.0. The molecule has 2 aromatic rings. The fourth-order valence-corrected chi connectivity index (χ4v) is 7.08. The van der Waals surface area contributed by atoms with Crippen molar-refractivity contribution in [2.75, 3.05) is 145 Å². The van der Waals surface area contributed by atoms with Gasteiger partial charge in [-0.1, -0.05) is 48.9 Å². The Balaban J connectivity index is 0.0000224. The molecule has 0 heterocycles. The predicted molar refractivity (Wildman–Crippen MR) is 262 cm³/mol. The number of aliphatic hydroxyl groups is 1. The van der Waals surface area contributed by atoms with Crippen LogP contribution in [0.2, 0.25) is 0 Å². The van der Waals surface area contributed by atoms with E-state index in [1.165, 1.54) is 5.56 Å². The van der Waals surface area contributed by atoms with E-state index in [0.29, 0.717) is 169 Å². The van der Waals surface area contributed by atoms with Crippen LogP contribution in [-0.4, -0.2) is 184 Å². The molecule has 0 saturated heterocycles. The summed E-state index contributed by atoms with van der Waals surface area (Å²) in [6, 6.07) is 17.1. The highest BCUT2D eigenvalue weighted by atomic mass is 35.5. The van der Waals surface area contributed by atoms with Gasteiger partial charge in [0, 0.05) is 49.5 Å². The third-order valence-corrected chi connectivity index (χ3v) is 10.5. The summed E-state index contributed by atoms with van der Waals surface area (Å²) in [5.41, 5.74) is 3.18. The molecular formula is C50H86ClN3O13. The van der Waals surface area contributed by atoms with Gasteiger partial charge < -0.3 is 63.5 Å². The molecular weight excluding hydrogens is 886 g/mol. The highest BCUT2D eigenvalue weighted by Crippen LogP contribution is 2.35. The third kappa shape index (κ3) is 33.2. The van der Waals surface area contributed by atoms with Crippen molar-refractivity contribution in [3.05, 3.63) is 65.2 Å². The zero-order valence-electron chi connectivity index (χ0n) is 41.1. The van der Waals surface area contributed by atoms with E-state index in [4.69, 9.17) is 47.7 Å². The van der Waals surface area contributed by atoms with Crippen molar-refractivity contribution in [1.29, 1.82) is 0 Å². The quantitative estimate of drug-likeness (QED) is 0.0626. The number of carbonyl (C=O) groups is 2. The molecule has 0 radical (unpaired) electrons. The number of benzene rings is 2. The van der Waals surface area contributed by atoms with Crippen LogP contribution in [0.3, 0.4) is 0 Å². The molecule has 16 nitrogen and oxygen atoms in total. The number of aliphatic hydroxyl groups excluding tert-OH is 1. The van der Waals surface area contributed by atoms with Crippen molar-refractivity contribution in [1.82, 2.24) is 15.5 Å². The van der Waals surface area contributed by atoms with Gasteiger partial charge in [-0.25, -0.2) is 0 Å². The molecule has 0 aromatic heterocycles. The number of halogens is 1. The highest BCUT2D eigenvalue weighted by molar-refractivity contribution is 5.85. The molecule has 0 aliphatic carbocycles. The Bertz CT molecular complexity index is 1460. The minimum absolute atomic E-state index is 0. The zero-order chi connectivity index (χ0) is 47.7. The average Bonchev–Trinajstić information content (AvgIpc) is 3.30. The van der Waals surface area contributed by atoms with E-state index in [1.807, 2.05) is 12.1 Å². The van der Waals surface area contributed by atoms with Gasteiger partial charge in [-0.3, -0.25) is 14.5 Å². The Kier molecular flexibility index (Phi) is 39.9. The maximum atomic E-state index is 12.6. The van der Waals surface area contributed by atoms with Gasteiger partial charge >= 0.3 is 0 Å². The van der Waals surface area contributed by atoms with Crippen LogP contribution in [0.4, 0.5) is 0 Å². The Labute approximate surface area is 407 Å². The molecule has 67 heavy (non-hydrogen) atoms. The summed E-state index contributed by atoms with van der Waals surface area (Å²) in [5.74, 6) is 0.346. The van der Waals surface area contributed by atoms with Crippen molar-refractivity contribution in [3.63, 3.8) is 0 Å². The number of ether oxygens (including phenoxy) is 9. The number of nitrogens with one attached hydrogen (secondary N) is 2. The highest BCUT2D eigenvalue weighted by Gasteiger charge is 2.22. The second-order valence-electron chi connectivity index (χ2n) is 16.3. The summed E-state index contributed by atoms with van der Waals surface area (Å²) in [5, 5.41) is 25.5. The van der Waals surface area contributed by atoms with Gasteiger partial charge in [0.25, 0.3) is 0 Å². The Morgan fingerprint density at radius 3 is 1.40 bits per heavy atom. The van der Waals surface area contributed by atoms with E-state index >= 15 is 0 Å². The van der Waals surface area contributed by atoms with Crippen LogP contribution in [0, 0.1) is 0 Å². The molecule has 0 fully saturated rings. The lowest BCUT2D eigenvalue weighted by atomic mass is 9.86. The van der Waals surface area contributed by atoms with Gasteiger partial charge in [-0.05, 0) is 77.1 Å². The van der Waals surface area contributed by atoms with E-state index in [0.717, 1.165) is 43.4 Å². The molecule has 2 rings (SSSR count).